The Kier molecular flexibility index (Phi) is 5.34. The molecule has 0 spiro atoms. The number of nitrogens with one attached hydrogen (secondary N) is 2. The van der Waals surface area contributed by atoms with Crippen molar-refractivity contribution in [1.82, 2.24) is 9.97 Å². The number of hydrogen-bond donors (Lipinski definition) is 2. The van der Waals surface area contributed by atoms with Crippen LogP contribution < -0.4 is 15.9 Å². The van der Waals surface area contributed by atoms with Crippen LogP contribution in [0.4, 0.5) is 11.6 Å². The van der Waals surface area contributed by atoms with Crippen LogP contribution in [0.15, 0.2) is 64.5 Å². The van der Waals surface area contributed by atoms with Gasteiger partial charge >= 0.3 is 0 Å². The average Bonchev–Trinajstić information content (AvgIpc) is 3.29. The molecule has 0 unspecified atom stereocenters. The summed E-state index contributed by atoms with van der Waals surface area (Å²) in [6.07, 6.45) is 4.13. The summed E-state index contributed by atoms with van der Waals surface area (Å²) < 4.78 is 0. The number of nitriles is 1. The zero-order chi connectivity index (χ0) is 20.1. The predicted molar refractivity (Wildman–Crippen MR) is 114 cm³/mol. The molecule has 0 bridgehead atoms. The Morgan fingerprint density at radius 3 is 2.69 bits per heavy atom. The minimum atomic E-state index is -0.505. The molecule has 144 valence electrons. The van der Waals surface area contributed by atoms with Crippen LogP contribution in [0.2, 0.25) is 0 Å². The predicted octanol–water partition coefficient (Wildman–Crippen LogP) is 3.35. The highest BCUT2D eigenvalue weighted by Gasteiger charge is 2.13. The van der Waals surface area contributed by atoms with E-state index in [2.05, 4.69) is 37.5 Å². The zero-order valence-corrected chi connectivity index (χ0v) is 15.8. The van der Waals surface area contributed by atoms with Gasteiger partial charge in [-0.2, -0.15) is 10.4 Å². The molecule has 0 saturated carbocycles. The van der Waals surface area contributed by atoms with Gasteiger partial charge in [0.2, 0.25) is 5.95 Å². The first-order valence-corrected chi connectivity index (χ1v) is 9.48. The summed E-state index contributed by atoms with van der Waals surface area (Å²) >= 11 is 0. The third kappa shape index (κ3) is 4.17. The van der Waals surface area contributed by atoms with Gasteiger partial charge < -0.3 is 4.90 Å². The highest BCUT2D eigenvalue weighted by molar-refractivity contribution is 5.82. The van der Waals surface area contributed by atoms with Gasteiger partial charge in [0.25, 0.3) is 5.56 Å². The number of H-pyrrole nitrogens is 1. The third-order valence-corrected chi connectivity index (χ3v) is 4.80. The molecule has 0 radical (unpaired) electrons. The van der Waals surface area contributed by atoms with E-state index in [1.807, 2.05) is 36.4 Å². The van der Waals surface area contributed by atoms with E-state index in [0.29, 0.717) is 11.3 Å². The molecule has 0 amide bonds. The Hall–Kier alpha value is -3.92. The molecule has 1 saturated heterocycles. The Balaban J connectivity index is 1.56. The largest absolute Gasteiger partial charge is 0.372 e. The summed E-state index contributed by atoms with van der Waals surface area (Å²) in [5, 5.41) is 13.5. The summed E-state index contributed by atoms with van der Waals surface area (Å²) in [4.78, 5) is 21.6. The van der Waals surface area contributed by atoms with Crippen LogP contribution in [0.3, 0.4) is 0 Å². The van der Waals surface area contributed by atoms with Gasteiger partial charge in [0.15, 0.2) is 0 Å². The summed E-state index contributed by atoms with van der Waals surface area (Å²) in [7, 11) is 0. The molecule has 1 aliphatic rings. The van der Waals surface area contributed by atoms with Crippen LogP contribution in [0.5, 0.6) is 0 Å². The van der Waals surface area contributed by atoms with Crippen molar-refractivity contribution in [2.75, 3.05) is 23.4 Å². The Morgan fingerprint density at radius 1 is 1.14 bits per heavy atom. The van der Waals surface area contributed by atoms with Crippen LogP contribution in [0.25, 0.3) is 11.3 Å². The Morgan fingerprint density at radius 2 is 1.93 bits per heavy atom. The SMILES string of the molecule is N#Cc1c(-c2ccccc2)nc(NN=Cc2cccc(N3CCCC3)c2)[nH]c1=O. The second-order valence-corrected chi connectivity index (χ2v) is 6.78. The van der Waals surface area contributed by atoms with Gasteiger partial charge in [-0.05, 0) is 30.5 Å². The quantitative estimate of drug-likeness (QED) is 0.519. The topological polar surface area (TPSA) is 97.2 Å². The van der Waals surface area contributed by atoms with Gasteiger partial charge in [-0.15, -0.1) is 0 Å². The van der Waals surface area contributed by atoms with E-state index < -0.39 is 5.56 Å². The van der Waals surface area contributed by atoms with Crippen molar-refractivity contribution < 1.29 is 0 Å². The Bertz CT molecular complexity index is 1120. The second-order valence-electron chi connectivity index (χ2n) is 6.78. The minimum absolute atomic E-state index is 0.0240. The number of rotatable bonds is 5. The fourth-order valence-corrected chi connectivity index (χ4v) is 3.38. The molecule has 2 N–H and O–H groups in total. The van der Waals surface area contributed by atoms with E-state index in [0.717, 1.165) is 18.7 Å². The second kappa shape index (κ2) is 8.40. The van der Waals surface area contributed by atoms with Crippen molar-refractivity contribution in [3.63, 3.8) is 0 Å². The van der Waals surface area contributed by atoms with Crippen LogP contribution in [0, 0.1) is 11.3 Å². The molecule has 2 aromatic carbocycles. The van der Waals surface area contributed by atoms with Gasteiger partial charge in [-0.3, -0.25) is 9.78 Å². The highest BCUT2D eigenvalue weighted by Crippen LogP contribution is 2.21. The molecule has 2 heterocycles. The number of aromatic amines is 1. The van der Waals surface area contributed by atoms with Gasteiger partial charge in [-0.25, -0.2) is 10.4 Å². The van der Waals surface area contributed by atoms with E-state index in [4.69, 9.17) is 0 Å². The van der Waals surface area contributed by atoms with Gasteiger partial charge in [0, 0.05) is 24.3 Å². The summed E-state index contributed by atoms with van der Waals surface area (Å²) in [6.45, 7) is 2.16. The van der Waals surface area contributed by atoms with Crippen molar-refractivity contribution in [3.8, 4) is 17.3 Å². The molecule has 1 aromatic heterocycles. The molecular weight excluding hydrogens is 364 g/mol. The zero-order valence-electron chi connectivity index (χ0n) is 15.8. The fraction of sp³-hybridized carbons (Fsp3) is 0.182. The average molecular weight is 384 g/mol. The van der Waals surface area contributed by atoms with Crippen molar-refractivity contribution in [2.45, 2.75) is 12.8 Å². The van der Waals surface area contributed by atoms with Gasteiger partial charge in [-0.1, -0.05) is 42.5 Å². The van der Waals surface area contributed by atoms with Crippen molar-refractivity contribution in [2.24, 2.45) is 5.10 Å². The first kappa shape index (κ1) is 18.4. The standard InChI is InChI=1S/C22H20N6O/c23-14-19-20(17-8-2-1-3-9-17)25-22(26-21(19)29)27-24-15-16-7-6-10-18(13-16)28-11-4-5-12-28/h1-3,6-10,13,15H,4-5,11-12H2,(H2,25,26,27,29). The minimum Gasteiger partial charge on any atom is -0.372 e. The maximum atomic E-state index is 12.3. The number of hydrazone groups is 1. The van der Waals surface area contributed by atoms with Crippen LogP contribution >= 0.6 is 0 Å². The molecule has 0 atom stereocenters. The number of anilines is 2. The molecule has 0 aliphatic carbocycles. The third-order valence-electron chi connectivity index (χ3n) is 4.80. The molecule has 7 heteroatoms. The molecule has 1 fully saturated rings. The summed E-state index contributed by atoms with van der Waals surface area (Å²) in [5.41, 5.74) is 5.38. The maximum absolute atomic E-state index is 12.3. The normalized spacial score (nSPS) is 13.6. The molecular formula is C22H20N6O. The number of benzene rings is 2. The van der Waals surface area contributed by atoms with E-state index >= 15 is 0 Å². The maximum Gasteiger partial charge on any atom is 0.270 e. The number of hydrogen-bond acceptors (Lipinski definition) is 6. The number of aromatic nitrogens is 2. The lowest BCUT2D eigenvalue weighted by Crippen LogP contribution is -2.17. The lowest BCUT2D eigenvalue weighted by atomic mass is 10.1. The lowest BCUT2D eigenvalue weighted by molar-refractivity contribution is 0.949. The van der Waals surface area contributed by atoms with Crippen LogP contribution in [0.1, 0.15) is 24.0 Å². The van der Waals surface area contributed by atoms with E-state index in [1.54, 1.807) is 18.3 Å². The molecule has 4 rings (SSSR count). The molecule has 3 aromatic rings. The van der Waals surface area contributed by atoms with E-state index in [1.165, 1.54) is 18.5 Å². The molecule has 7 nitrogen and oxygen atoms in total. The van der Waals surface area contributed by atoms with Crippen molar-refractivity contribution in [1.29, 1.82) is 5.26 Å². The Labute approximate surface area is 168 Å². The highest BCUT2D eigenvalue weighted by atomic mass is 16.1. The fourth-order valence-electron chi connectivity index (χ4n) is 3.38. The number of nitrogens with zero attached hydrogens (tertiary/aromatic N) is 4. The van der Waals surface area contributed by atoms with Gasteiger partial charge in [0.05, 0.1) is 11.9 Å². The smallest absolute Gasteiger partial charge is 0.270 e. The summed E-state index contributed by atoms with van der Waals surface area (Å²) in [5.74, 6) is 0.180. The first-order valence-electron chi connectivity index (χ1n) is 9.48. The first-order chi connectivity index (χ1) is 14.2. The van der Waals surface area contributed by atoms with E-state index in [-0.39, 0.29) is 11.5 Å². The van der Waals surface area contributed by atoms with Crippen molar-refractivity contribution in [3.05, 3.63) is 76.1 Å². The van der Waals surface area contributed by atoms with E-state index in [9.17, 15) is 10.1 Å². The molecule has 1 aliphatic heterocycles. The van der Waals surface area contributed by atoms with Gasteiger partial charge in [0.1, 0.15) is 11.6 Å². The van der Waals surface area contributed by atoms with Crippen LogP contribution in [-0.2, 0) is 0 Å². The summed E-state index contributed by atoms with van der Waals surface area (Å²) in [6, 6.07) is 19.2. The molecule has 29 heavy (non-hydrogen) atoms. The monoisotopic (exact) mass is 384 g/mol. The van der Waals surface area contributed by atoms with Crippen LogP contribution in [-0.4, -0.2) is 29.3 Å². The van der Waals surface area contributed by atoms with Crippen molar-refractivity contribution >= 4 is 17.9 Å². The lowest BCUT2D eigenvalue weighted by Gasteiger charge is -2.17.